The van der Waals surface area contributed by atoms with E-state index in [2.05, 4.69) is 30.2 Å². The van der Waals surface area contributed by atoms with Crippen LogP contribution < -0.4 is 10.6 Å². The third-order valence-corrected chi connectivity index (χ3v) is 6.17. The molecule has 0 spiro atoms. The summed E-state index contributed by atoms with van der Waals surface area (Å²) < 4.78 is 4.31. The third kappa shape index (κ3) is 3.63. The van der Waals surface area contributed by atoms with Crippen LogP contribution in [0.15, 0.2) is 54.9 Å². The molecule has 1 amide bonds. The highest BCUT2D eigenvalue weighted by Crippen LogP contribution is 2.31. The van der Waals surface area contributed by atoms with E-state index in [1.54, 1.807) is 12.4 Å². The lowest BCUT2D eigenvalue weighted by Crippen LogP contribution is -2.30. The lowest BCUT2D eigenvalue weighted by Gasteiger charge is -2.09. The molecular formula is C24H20N8OS. The monoisotopic (exact) mass is 468 g/mol. The van der Waals surface area contributed by atoms with Gasteiger partial charge in [0.25, 0.3) is 5.91 Å². The van der Waals surface area contributed by atoms with E-state index in [-0.39, 0.29) is 11.9 Å². The quantitative estimate of drug-likeness (QED) is 0.282. The van der Waals surface area contributed by atoms with Crippen molar-refractivity contribution in [2.75, 3.05) is 5.32 Å². The second-order valence-corrected chi connectivity index (χ2v) is 9.13. The van der Waals surface area contributed by atoms with Gasteiger partial charge in [-0.3, -0.25) is 9.89 Å². The van der Waals surface area contributed by atoms with Gasteiger partial charge in [0.2, 0.25) is 0 Å². The van der Waals surface area contributed by atoms with Crippen LogP contribution in [0.25, 0.3) is 43.4 Å². The van der Waals surface area contributed by atoms with Gasteiger partial charge < -0.3 is 15.6 Å². The number of hydrogen-bond acceptors (Lipinski definition) is 7. The van der Waals surface area contributed by atoms with Crippen LogP contribution in [0.4, 0.5) is 11.5 Å². The molecule has 2 aromatic carbocycles. The summed E-state index contributed by atoms with van der Waals surface area (Å²) in [7, 11) is 0. The van der Waals surface area contributed by atoms with Crippen LogP contribution in [0.5, 0.6) is 0 Å². The summed E-state index contributed by atoms with van der Waals surface area (Å²) in [6, 6.07) is 13.8. The zero-order valence-electron chi connectivity index (χ0n) is 18.4. The Kier molecular flexibility index (Phi) is 4.73. The molecule has 0 fully saturated rings. The van der Waals surface area contributed by atoms with E-state index in [0.29, 0.717) is 17.3 Å². The fourth-order valence-electron chi connectivity index (χ4n) is 3.87. The molecule has 0 atom stereocenters. The van der Waals surface area contributed by atoms with Gasteiger partial charge in [0.15, 0.2) is 5.82 Å². The second-order valence-electron chi connectivity index (χ2n) is 8.35. The maximum absolute atomic E-state index is 12.4. The highest BCUT2D eigenvalue weighted by Gasteiger charge is 2.15. The number of fused-ring (bicyclic) bond motifs is 3. The first kappa shape index (κ1) is 20.3. The molecule has 0 bridgehead atoms. The molecule has 0 unspecified atom stereocenters. The largest absolute Gasteiger partial charge is 0.351 e. The Balaban J connectivity index is 1.39. The van der Waals surface area contributed by atoms with Crippen molar-refractivity contribution in [3.63, 3.8) is 0 Å². The fraction of sp³-hybridized carbons (Fsp3) is 0.125. The molecule has 4 N–H and O–H groups in total. The van der Waals surface area contributed by atoms with Crippen molar-refractivity contribution in [3.8, 4) is 11.4 Å². The number of rotatable bonds is 5. The molecule has 4 heterocycles. The number of nitrogens with one attached hydrogen (secondary N) is 4. The maximum Gasteiger partial charge on any atom is 0.267 e. The van der Waals surface area contributed by atoms with Gasteiger partial charge in [-0.2, -0.15) is 9.47 Å². The van der Waals surface area contributed by atoms with Gasteiger partial charge >= 0.3 is 0 Å². The number of nitrogens with zero attached hydrogens (tertiary/aromatic N) is 4. The molecule has 10 heteroatoms. The molecule has 4 aromatic heterocycles. The lowest BCUT2D eigenvalue weighted by molar-refractivity contribution is 0.0939. The van der Waals surface area contributed by atoms with Crippen LogP contribution in [0.2, 0.25) is 0 Å². The van der Waals surface area contributed by atoms with Gasteiger partial charge in [-0.15, -0.1) is 0 Å². The summed E-state index contributed by atoms with van der Waals surface area (Å²) in [6.07, 6.45) is 3.56. The predicted molar refractivity (Wildman–Crippen MR) is 134 cm³/mol. The number of aromatic amines is 2. The summed E-state index contributed by atoms with van der Waals surface area (Å²) in [5, 5.41) is 16.2. The molecule has 6 aromatic rings. The van der Waals surface area contributed by atoms with E-state index >= 15 is 0 Å². The average molecular weight is 469 g/mol. The lowest BCUT2D eigenvalue weighted by atomic mass is 10.1. The van der Waals surface area contributed by atoms with Crippen LogP contribution in [-0.4, -0.2) is 41.5 Å². The Morgan fingerprint density at radius 3 is 2.79 bits per heavy atom. The van der Waals surface area contributed by atoms with Crippen LogP contribution in [0, 0.1) is 0 Å². The van der Waals surface area contributed by atoms with Crippen molar-refractivity contribution in [1.29, 1.82) is 0 Å². The fourth-order valence-corrected chi connectivity index (χ4v) is 4.51. The van der Waals surface area contributed by atoms with E-state index in [0.717, 1.165) is 43.3 Å². The molecule has 0 aliphatic rings. The van der Waals surface area contributed by atoms with Crippen molar-refractivity contribution in [2.45, 2.75) is 19.9 Å². The molecule has 9 nitrogen and oxygen atoms in total. The number of aromatic nitrogens is 6. The molecular weight excluding hydrogens is 448 g/mol. The van der Waals surface area contributed by atoms with Gasteiger partial charge in [-0.05, 0) is 55.7 Å². The number of carbonyl (C=O) groups excluding carboxylic acids is 1. The second kappa shape index (κ2) is 7.92. The predicted octanol–water partition coefficient (Wildman–Crippen LogP) is 4.99. The number of benzene rings is 2. The standard InChI is InChI=1S/C24H20N8OS/c1-12(2)27-23(33)20-8-13-3-4-14(9-19(13)29-20)21-30-22(17-11-26-34-24(17)31-21)28-16-5-6-18-15(7-16)10-25-32-18/h3-12,29H,1-2H3,(H,25,32)(H,27,33)(H,28,30,31). The SMILES string of the molecule is CC(C)NC(=O)c1cc2ccc(-c3nc(Nc4ccc5[nH]ncc5c4)c4cnsc4n3)cc2[nH]1. The van der Waals surface area contributed by atoms with Crippen LogP contribution >= 0.6 is 11.5 Å². The van der Waals surface area contributed by atoms with Crippen LogP contribution in [0.1, 0.15) is 24.3 Å². The van der Waals surface area contributed by atoms with E-state index in [9.17, 15) is 4.79 Å². The topological polar surface area (TPSA) is 124 Å². The zero-order chi connectivity index (χ0) is 23.2. The zero-order valence-corrected chi connectivity index (χ0v) is 19.2. The Hall–Kier alpha value is -4.31. The molecule has 168 valence electrons. The normalized spacial score (nSPS) is 11.6. The van der Waals surface area contributed by atoms with E-state index < -0.39 is 0 Å². The van der Waals surface area contributed by atoms with Crippen molar-refractivity contribution in [1.82, 2.24) is 34.8 Å². The summed E-state index contributed by atoms with van der Waals surface area (Å²) in [4.78, 5) is 26.0. The van der Waals surface area contributed by atoms with E-state index in [1.165, 1.54) is 11.5 Å². The number of anilines is 2. The van der Waals surface area contributed by atoms with Gasteiger partial charge in [0, 0.05) is 33.6 Å². The summed E-state index contributed by atoms with van der Waals surface area (Å²) in [6.45, 7) is 3.87. The molecule has 0 saturated heterocycles. The minimum Gasteiger partial charge on any atom is -0.351 e. The van der Waals surface area contributed by atoms with Crippen molar-refractivity contribution < 1.29 is 4.79 Å². The number of carbonyl (C=O) groups is 1. The third-order valence-electron chi connectivity index (χ3n) is 5.48. The van der Waals surface area contributed by atoms with Gasteiger partial charge in [0.1, 0.15) is 16.3 Å². The van der Waals surface area contributed by atoms with Crippen molar-refractivity contribution >= 4 is 61.0 Å². The Morgan fingerprint density at radius 2 is 1.91 bits per heavy atom. The van der Waals surface area contributed by atoms with Crippen LogP contribution in [-0.2, 0) is 0 Å². The number of amides is 1. The minimum absolute atomic E-state index is 0.0640. The van der Waals surface area contributed by atoms with Gasteiger partial charge in [0.05, 0.1) is 23.3 Å². The number of H-pyrrole nitrogens is 2. The average Bonchev–Trinajstić information content (AvgIpc) is 3.56. The highest BCUT2D eigenvalue weighted by atomic mass is 32.1. The Morgan fingerprint density at radius 1 is 1.00 bits per heavy atom. The Bertz CT molecular complexity index is 1680. The summed E-state index contributed by atoms with van der Waals surface area (Å²) in [5.41, 5.74) is 4.08. The summed E-state index contributed by atoms with van der Waals surface area (Å²) >= 11 is 1.33. The highest BCUT2D eigenvalue weighted by molar-refractivity contribution is 7.12. The van der Waals surface area contributed by atoms with Crippen molar-refractivity contribution in [3.05, 3.63) is 60.6 Å². The first-order chi connectivity index (χ1) is 16.5. The maximum atomic E-state index is 12.4. The number of hydrogen-bond donors (Lipinski definition) is 4. The van der Waals surface area contributed by atoms with Crippen LogP contribution in [0.3, 0.4) is 0 Å². The molecule has 0 aliphatic carbocycles. The molecule has 0 saturated carbocycles. The molecule has 0 radical (unpaired) electrons. The first-order valence-electron chi connectivity index (χ1n) is 10.8. The first-order valence-corrected chi connectivity index (χ1v) is 11.6. The van der Waals surface area contributed by atoms with E-state index in [1.807, 2.05) is 56.3 Å². The molecule has 6 rings (SSSR count). The molecule has 0 aliphatic heterocycles. The van der Waals surface area contributed by atoms with Crippen molar-refractivity contribution in [2.24, 2.45) is 0 Å². The smallest absolute Gasteiger partial charge is 0.267 e. The summed E-state index contributed by atoms with van der Waals surface area (Å²) in [5.74, 6) is 1.13. The molecule has 34 heavy (non-hydrogen) atoms. The van der Waals surface area contributed by atoms with Gasteiger partial charge in [-0.1, -0.05) is 12.1 Å². The van der Waals surface area contributed by atoms with E-state index in [4.69, 9.17) is 9.97 Å². The van der Waals surface area contributed by atoms with Gasteiger partial charge in [-0.25, -0.2) is 9.97 Å². The Labute approximate surface area is 197 Å². The minimum atomic E-state index is -0.129.